The number of nitrogens with zero attached hydrogens (tertiary/aromatic N) is 1. The third-order valence-electron chi connectivity index (χ3n) is 2.07. The summed E-state index contributed by atoms with van der Waals surface area (Å²) < 4.78 is 0. The van der Waals surface area contributed by atoms with Crippen molar-refractivity contribution >= 4 is 23.8 Å². The zero-order valence-electron chi connectivity index (χ0n) is 13.4. The summed E-state index contributed by atoms with van der Waals surface area (Å²) in [6.45, 7) is -1.50. The molecule has 9 nitrogen and oxygen atoms in total. The van der Waals surface area contributed by atoms with E-state index in [4.69, 9.17) is 21.1 Å². The fraction of sp³-hybridized carbons (Fsp3) is 0.556. The van der Waals surface area contributed by atoms with Gasteiger partial charge in [-0.1, -0.05) is 0 Å². The minimum atomic E-state index is -1.40. The standard InChI is InChI=1S/C9H14N2O7.4Na/c10-6(12)2-1-5(9(17)18)11(3-7(13)14)4-8(15)16;;;;/h5H,1-4H2,(H2,10,12)(H,13,14)(H,15,16)(H,17,18);;;;/q;4*+1/t5-;;;;/m0..../s1. The van der Waals surface area contributed by atoms with Gasteiger partial charge in [0, 0.05) is 6.42 Å². The molecule has 0 radical (unpaired) electrons. The van der Waals surface area contributed by atoms with Crippen molar-refractivity contribution in [1.29, 1.82) is 0 Å². The Balaban J connectivity index is -0.000000241. The van der Waals surface area contributed by atoms with Crippen molar-refractivity contribution in [1.82, 2.24) is 4.90 Å². The first-order valence-electron chi connectivity index (χ1n) is 4.92. The van der Waals surface area contributed by atoms with E-state index in [9.17, 15) is 19.2 Å². The molecular weight excluding hydrogens is 340 g/mol. The normalized spacial score (nSPS) is 9.86. The number of carbonyl (C=O) groups is 4. The number of primary amides is 1. The molecule has 22 heavy (non-hydrogen) atoms. The Morgan fingerprint density at radius 1 is 0.864 bits per heavy atom. The van der Waals surface area contributed by atoms with Gasteiger partial charge in [-0.3, -0.25) is 24.1 Å². The molecule has 0 bridgehead atoms. The number of carboxylic acids is 3. The molecule has 0 heterocycles. The Hall–Kier alpha value is 1.84. The predicted molar refractivity (Wildman–Crippen MR) is 56.7 cm³/mol. The zero-order chi connectivity index (χ0) is 14.3. The number of carboxylic acid groups (broad SMARTS) is 3. The molecule has 0 aliphatic carbocycles. The van der Waals surface area contributed by atoms with Gasteiger partial charge < -0.3 is 21.1 Å². The van der Waals surface area contributed by atoms with Gasteiger partial charge >= 0.3 is 136 Å². The van der Waals surface area contributed by atoms with Gasteiger partial charge in [-0.05, 0) is 6.42 Å². The van der Waals surface area contributed by atoms with Gasteiger partial charge in [0.1, 0.15) is 6.04 Å². The molecule has 0 aromatic heterocycles. The number of amides is 1. The molecule has 1 amide bonds. The smallest absolute Gasteiger partial charge is 0.480 e. The minimum absolute atomic E-state index is 0. The molecule has 0 unspecified atom stereocenters. The van der Waals surface area contributed by atoms with Gasteiger partial charge in [0.2, 0.25) is 5.91 Å². The van der Waals surface area contributed by atoms with Crippen LogP contribution in [0.25, 0.3) is 0 Å². The summed E-state index contributed by atoms with van der Waals surface area (Å²) in [4.78, 5) is 43.3. The molecule has 0 saturated carbocycles. The topological polar surface area (TPSA) is 158 Å². The molecule has 0 aliphatic rings. The van der Waals surface area contributed by atoms with Crippen LogP contribution in [0.1, 0.15) is 12.8 Å². The molecule has 0 spiro atoms. The van der Waals surface area contributed by atoms with Crippen molar-refractivity contribution in [2.75, 3.05) is 13.1 Å². The Kier molecular flexibility index (Phi) is 30.5. The molecule has 0 aliphatic heterocycles. The van der Waals surface area contributed by atoms with Gasteiger partial charge in [-0.2, -0.15) is 0 Å². The summed E-state index contributed by atoms with van der Waals surface area (Å²) in [5.41, 5.74) is 4.86. The van der Waals surface area contributed by atoms with Crippen molar-refractivity contribution in [3.8, 4) is 0 Å². The van der Waals surface area contributed by atoms with E-state index in [-0.39, 0.29) is 131 Å². The molecule has 0 aromatic rings. The summed E-state index contributed by atoms with van der Waals surface area (Å²) in [5, 5.41) is 26.1. The number of carbonyl (C=O) groups excluding carboxylic acids is 1. The van der Waals surface area contributed by atoms with Crippen LogP contribution in [-0.4, -0.2) is 63.2 Å². The zero-order valence-corrected chi connectivity index (χ0v) is 21.4. The van der Waals surface area contributed by atoms with E-state index < -0.39 is 42.9 Å². The first kappa shape index (κ1) is 35.0. The van der Waals surface area contributed by atoms with E-state index in [0.29, 0.717) is 0 Å². The van der Waals surface area contributed by atoms with E-state index in [1.54, 1.807) is 0 Å². The second-order valence-electron chi connectivity index (χ2n) is 3.55. The van der Waals surface area contributed by atoms with E-state index >= 15 is 0 Å². The van der Waals surface area contributed by atoms with Crippen LogP contribution in [-0.2, 0) is 19.2 Å². The van der Waals surface area contributed by atoms with Gasteiger partial charge in [0.15, 0.2) is 0 Å². The first-order chi connectivity index (χ1) is 8.23. The quantitative estimate of drug-likeness (QED) is 0.297. The van der Waals surface area contributed by atoms with Crippen molar-refractivity contribution in [3.05, 3.63) is 0 Å². The number of hydrogen-bond donors (Lipinski definition) is 4. The van der Waals surface area contributed by atoms with Crippen molar-refractivity contribution in [3.63, 3.8) is 0 Å². The van der Waals surface area contributed by atoms with E-state index in [0.717, 1.165) is 4.90 Å². The average molecular weight is 354 g/mol. The second-order valence-corrected chi connectivity index (χ2v) is 3.55. The van der Waals surface area contributed by atoms with Crippen molar-refractivity contribution in [2.24, 2.45) is 5.73 Å². The molecular formula is C9H14N2Na4O7+4. The maximum absolute atomic E-state index is 10.9. The number of hydrogen-bond acceptors (Lipinski definition) is 5. The van der Waals surface area contributed by atoms with Crippen LogP contribution < -0.4 is 124 Å². The Bertz CT molecular complexity index is 354. The van der Waals surface area contributed by atoms with Gasteiger partial charge in [0.05, 0.1) is 13.1 Å². The second kappa shape index (κ2) is 19.2. The van der Waals surface area contributed by atoms with E-state index in [2.05, 4.69) is 0 Å². The van der Waals surface area contributed by atoms with Crippen molar-refractivity contribution < 1.29 is 153 Å². The fourth-order valence-electron chi connectivity index (χ4n) is 1.36. The molecule has 102 valence electrons. The van der Waals surface area contributed by atoms with Crippen LogP contribution in [0.15, 0.2) is 0 Å². The van der Waals surface area contributed by atoms with E-state index in [1.165, 1.54) is 0 Å². The van der Waals surface area contributed by atoms with Crippen LogP contribution in [0, 0.1) is 0 Å². The Morgan fingerprint density at radius 2 is 1.23 bits per heavy atom. The van der Waals surface area contributed by atoms with Crippen LogP contribution in [0.3, 0.4) is 0 Å². The number of aliphatic carboxylic acids is 3. The van der Waals surface area contributed by atoms with Crippen LogP contribution in [0.5, 0.6) is 0 Å². The minimum Gasteiger partial charge on any atom is -0.480 e. The molecule has 1 atom stereocenters. The summed E-state index contributed by atoms with van der Waals surface area (Å²) in [6.07, 6.45) is -0.516. The monoisotopic (exact) mass is 354 g/mol. The van der Waals surface area contributed by atoms with Crippen LogP contribution in [0.2, 0.25) is 0 Å². The van der Waals surface area contributed by atoms with Crippen LogP contribution >= 0.6 is 0 Å². The summed E-state index contributed by atoms with van der Waals surface area (Å²) in [7, 11) is 0. The van der Waals surface area contributed by atoms with Crippen molar-refractivity contribution in [2.45, 2.75) is 18.9 Å². The van der Waals surface area contributed by atoms with Crippen LogP contribution in [0.4, 0.5) is 0 Å². The Morgan fingerprint density at radius 3 is 1.45 bits per heavy atom. The van der Waals surface area contributed by atoms with Gasteiger partial charge in [-0.15, -0.1) is 0 Å². The summed E-state index contributed by atoms with van der Waals surface area (Å²) >= 11 is 0. The summed E-state index contributed by atoms with van der Waals surface area (Å²) in [6, 6.07) is -1.38. The molecule has 5 N–H and O–H groups in total. The molecule has 0 aromatic carbocycles. The number of nitrogens with two attached hydrogens (primary N) is 1. The maximum atomic E-state index is 10.9. The molecule has 0 fully saturated rings. The third-order valence-corrected chi connectivity index (χ3v) is 2.07. The van der Waals surface area contributed by atoms with Gasteiger partial charge in [0.25, 0.3) is 0 Å². The Labute approximate surface area is 215 Å². The third kappa shape index (κ3) is 18.2. The first-order valence-corrected chi connectivity index (χ1v) is 4.92. The van der Waals surface area contributed by atoms with Gasteiger partial charge in [-0.25, -0.2) is 0 Å². The summed E-state index contributed by atoms with van der Waals surface area (Å²) in [5.74, 6) is -4.87. The predicted octanol–water partition coefficient (Wildman–Crippen LogP) is -13.8. The molecule has 13 heteroatoms. The largest absolute Gasteiger partial charge is 1.00 e. The van der Waals surface area contributed by atoms with E-state index in [1.807, 2.05) is 0 Å². The SMILES string of the molecule is NC(=O)CC[C@@H](C(=O)O)N(CC(=O)O)CC(=O)O.[Na+].[Na+].[Na+].[Na+]. The fourth-order valence-corrected chi connectivity index (χ4v) is 1.36. The number of rotatable bonds is 9. The molecule has 0 saturated heterocycles. The average Bonchev–Trinajstić information content (AvgIpc) is 2.14. The maximum Gasteiger partial charge on any atom is 1.00 e. The molecule has 0 rings (SSSR count).